The van der Waals surface area contributed by atoms with E-state index in [0.717, 1.165) is 26.4 Å². The van der Waals surface area contributed by atoms with E-state index in [0.29, 0.717) is 0 Å². The van der Waals surface area contributed by atoms with Gasteiger partial charge in [0, 0.05) is 16.3 Å². The fraction of sp³-hybridized carbons (Fsp3) is 0.250. The minimum atomic E-state index is 0.00492. The van der Waals surface area contributed by atoms with E-state index in [9.17, 15) is 0 Å². The normalized spacial score (nSPS) is 12.6. The molecule has 0 aliphatic heterocycles. The fourth-order valence-electron chi connectivity index (χ4n) is 1.30. The van der Waals surface area contributed by atoms with Crippen molar-refractivity contribution in [1.82, 2.24) is 4.98 Å². The molecule has 1 heterocycles. The summed E-state index contributed by atoms with van der Waals surface area (Å²) in [6, 6.07) is 7.85. The molecule has 2 nitrogen and oxygen atoms in total. The zero-order valence-corrected chi connectivity index (χ0v) is 11.8. The largest absolute Gasteiger partial charge is 0.323 e. The number of hydrogen-bond acceptors (Lipinski definition) is 4. The lowest BCUT2D eigenvalue weighted by atomic mass is 10.3. The zero-order chi connectivity index (χ0) is 12.3. The van der Waals surface area contributed by atoms with E-state index in [2.05, 4.69) is 4.98 Å². The maximum atomic E-state index is 6.09. The quantitative estimate of drug-likeness (QED) is 0.859. The van der Waals surface area contributed by atoms with Crippen LogP contribution in [0.15, 0.2) is 34.5 Å². The Balaban J connectivity index is 2.00. The summed E-state index contributed by atoms with van der Waals surface area (Å²) in [4.78, 5) is 5.57. The molecule has 1 atom stereocenters. The molecule has 1 aromatic carbocycles. The van der Waals surface area contributed by atoms with Gasteiger partial charge < -0.3 is 5.73 Å². The van der Waals surface area contributed by atoms with Crippen molar-refractivity contribution in [3.8, 4) is 0 Å². The van der Waals surface area contributed by atoms with E-state index < -0.39 is 0 Å². The van der Waals surface area contributed by atoms with Crippen molar-refractivity contribution >= 4 is 34.7 Å². The van der Waals surface area contributed by atoms with Gasteiger partial charge in [-0.2, -0.15) is 0 Å². The lowest BCUT2D eigenvalue weighted by molar-refractivity contribution is 0.785. The van der Waals surface area contributed by atoms with Crippen molar-refractivity contribution in [1.29, 1.82) is 0 Å². The van der Waals surface area contributed by atoms with Crippen LogP contribution in [0.5, 0.6) is 0 Å². The summed E-state index contributed by atoms with van der Waals surface area (Å²) in [7, 11) is 0. The van der Waals surface area contributed by atoms with Crippen LogP contribution in [0.1, 0.15) is 23.7 Å². The molecule has 0 bridgehead atoms. The molecule has 17 heavy (non-hydrogen) atoms. The summed E-state index contributed by atoms with van der Waals surface area (Å²) < 4.78 is 0. The van der Waals surface area contributed by atoms with E-state index in [4.69, 9.17) is 17.3 Å². The van der Waals surface area contributed by atoms with Gasteiger partial charge in [-0.05, 0) is 19.1 Å². The number of rotatable bonds is 4. The third-order valence-electron chi connectivity index (χ3n) is 2.22. The summed E-state index contributed by atoms with van der Waals surface area (Å²) in [5.41, 5.74) is 6.74. The van der Waals surface area contributed by atoms with Crippen LogP contribution in [0, 0.1) is 0 Å². The van der Waals surface area contributed by atoms with Crippen molar-refractivity contribution in [2.75, 3.05) is 0 Å². The Hall–Kier alpha value is -0.550. The molecule has 1 aromatic heterocycles. The second-order valence-corrected chi connectivity index (χ2v) is 6.04. The number of hydrogen-bond donors (Lipinski definition) is 1. The van der Waals surface area contributed by atoms with Gasteiger partial charge in [-0.15, -0.1) is 23.1 Å². The molecule has 90 valence electrons. The number of thioether (sulfide) groups is 1. The van der Waals surface area contributed by atoms with Gasteiger partial charge in [0.25, 0.3) is 0 Å². The molecule has 2 aromatic rings. The summed E-state index contributed by atoms with van der Waals surface area (Å²) >= 11 is 9.44. The van der Waals surface area contributed by atoms with Crippen LogP contribution in [-0.4, -0.2) is 4.98 Å². The number of nitrogens with zero attached hydrogens (tertiary/aromatic N) is 1. The lowest BCUT2D eigenvalue weighted by Crippen LogP contribution is -2.05. The third-order valence-corrected chi connectivity index (χ3v) is 4.80. The molecule has 0 saturated heterocycles. The van der Waals surface area contributed by atoms with E-state index in [1.807, 2.05) is 36.6 Å². The average molecular weight is 285 g/mol. The Labute approximate surface area is 114 Å². The van der Waals surface area contributed by atoms with Crippen molar-refractivity contribution in [2.45, 2.75) is 23.6 Å². The summed E-state index contributed by atoms with van der Waals surface area (Å²) in [6.45, 7) is 1.94. The average Bonchev–Trinajstić information content (AvgIpc) is 2.77. The van der Waals surface area contributed by atoms with Gasteiger partial charge in [0.1, 0.15) is 5.01 Å². The molecular weight excluding hydrogens is 272 g/mol. The number of thiazole rings is 1. The van der Waals surface area contributed by atoms with E-state index in [1.165, 1.54) is 0 Å². The summed E-state index contributed by atoms with van der Waals surface area (Å²) in [5, 5.41) is 3.90. The maximum absolute atomic E-state index is 6.09. The minimum Gasteiger partial charge on any atom is -0.323 e. The molecule has 0 saturated carbocycles. The molecule has 0 spiro atoms. The highest BCUT2D eigenvalue weighted by atomic mass is 35.5. The first-order chi connectivity index (χ1) is 8.16. The van der Waals surface area contributed by atoms with Crippen LogP contribution < -0.4 is 5.73 Å². The molecule has 0 aliphatic carbocycles. The van der Waals surface area contributed by atoms with Crippen LogP contribution in [-0.2, 0) is 5.75 Å². The Bertz CT molecular complexity index is 497. The monoisotopic (exact) mass is 284 g/mol. The topological polar surface area (TPSA) is 38.9 Å². The van der Waals surface area contributed by atoms with Crippen LogP contribution in [0.4, 0.5) is 0 Å². The molecule has 0 aliphatic rings. The Morgan fingerprint density at radius 3 is 2.88 bits per heavy atom. The zero-order valence-electron chi connectivity index (χ0n) is 9.39. The third kappa shape index (κ3) is 3.45. The predicted octanol–water partition coefficient (Wildman–Crippen LogP) is 4.11. The molecule has 2 rings (SSSR count). The molecular formula is C12H13ClN2S2. The fourth-order valence-corrected chi connectivity index (χ4v) is 3.46. The summed E-state index contributed by atoms with van der Waals surface area (Å²) in [5.74, 6) is 0.834. The predicted molar refractivity (Wildman–Crippen MR) is 75.7 cm³/mol. The first kappa shape index (κ1) is 12.9. The Kier molecular flexibility index (Phi) is 4.45. The molecule has 1 unspecified atom stereocenters. The van der Waals surface area contributed by atoms with Crippen LogP contribution in [0.2, 0.25) is 5.02 Å². The molecule has 0 fully saturated rings. The second kappa shape index (κ2) is 5.87. The van der Waals surface area contributed by atoms with E-state index >= 15 is 0 Å². The van der Waals surface area contributed by atoms with Crippen LogP contribution in [0.3, 0.4) is 0 Å². The van der Waals surface area contributed by atoms with E-state index in [-0.39, 0.29) is 6.04 Å². The highest BCUT2D eigenvalue weighted by Crippen LogP contribution is 2.30. The van der Waals surface area contributed by atoms with Crippen molar-refractivity contribution in [2.24, 2.45) is 5.73 Å². The highest BCUT2D eigenvalue weighted by molar-refractivity contribution is 7.98. The maximum Gasteiger partial charge on any atom is 0.103 e. The number of aromatic nitrogens is 1. The second-order valence-electron chi connectivity index (χ2n) is 3.67. The summed E-state index contributed by atoms with van der Waals surface area (Å²) in [6.07, 6.45) is 0. The van der Waals surface area contributed by atoms with Gasteiger partial charge in [-0.1, -0.05) is 23.7 Å². The van der Waals surface area contributed by atoms with Crippen molar-refractivity contribution in [3.63, 3.8) is 0 Å². The van der Waals surface area contributed by atoms with E-state index in [1.54, 1.807) is 23.1 Å². The number of halogens is 1. The minimum absolute atomic E-state index is 0.00492. The standard InChI is InChI=1S/C12H13ClN2S2/c1-8(14)10-6-17-12(15-10)7-16-11-5-3-2-4-9(11)13/h2-6,8H,7,14H2,1H3. The first-order valence-electron chi connectivity index (χ1n) is 5.24. The van der Waals surface area contributed by atoms with Crippen LogP contribution >= 0.6 is 34.7 Å². The molecule has 0 amide bonds. The van der Waals surface area contributed by atoms with Gasteiger partial charge in [0.05, 0.1) is 16.5 Å². The lowest BCUT2D eigenvalue weighted by Gasteiger charge is -2.01. The van der Waals surface area contributed by atoms with Crippen molar-refractivity contribution < 1.29 is 0 Å². The Morgan fingerprint density at radius 2 is 2.24 bits per heavy atom. The molecule has 2 N–H and O–H groups in total. The van der Waals surface area contributed by atoms with Gasteiger partial charge in [0.2, 0.25) is 0 Å². The smallest absolute Gasteiger partial charge is 0.103 e. The highest BCUT2D eigenvalue weighted by Gasteiger charge is 2.07. The van der Waals surface area contributed by atoms with Gasteiger partial charge in [0.15, 0.2) is 0 Å². The number of nitrogens with two attached hydrogens (primary N) is 1. The van der Waals surface area contributed by atoms with Gasteiger partial charge in [-0.25, -0.2) is 4.98 Å². The van der Waals surface area contributed by atoms with Crippen LogP contribution in [0.25, 0.3) is 0 Å². The SMILES string of the molecule is CC(N)c1csc(CSc2ccccc2Cl)n1. The molecule has 5 heteroatoms. The van der Waals surface area contributed by atoms with Gasteiger partial charge >= 0.3 is 0 Å². The Morgan fingerprint density at radius 1 is 1.47 bits per heavy atom. The first-order valence-corrected chi connectivity index (χ1v) is 7.48. The number of benzene rings is 1. The van der Waals surface area contributed by atoms with Crippen molar-refractivity contribution in [3.05, 3.63) is 45.4 Å². The van der Waals surface area contributed by atoms with Gasteiger partial charge in [-0.3, -0.25) is 0 Å². The molecule has 0 radical (unpaired) electrons.